The molecule has 3 aliphatic carbocycles. The Bertz CT molecular complexity index is 562. The Morgan fingerprint density at radius 2 is 2.04 bits per heavy atom. The molecule has 0 saturated heterocycles. The third-order valence-corrected chi connectivity index (χ3v) is 7.64. The fourth-order valence-corrected chi connectivity index (χ4v) is 6.23. The summed E-state index contributed by atoms with van der Waals surface area (Å²) in [6, 6.07) is 0. The number of hydrogen-bond donors (Lipinski definition) is 0. The highest BCUT2D eigenvalue weighted by Gasteiger charge is 2.58. The van der Waals surface area contributed by atoms with Crippen LogP contribution in [0.4, 0.5) is 0 Å². The van der Waals surface area contributed by atoms with Gasteiger partial charge in [-0.25, -0.2) is 0 Å². The van der Waals surface area contributed by atoms with E-state index < -0.39 is 0 Å². The normalized spacial score (nSPS) is 44.8. The lowest BCUT2D eigenvalue weighted by atomic mass is 9.45. The number of fused-ring (bicyclic) bond motifs is 3. The maximum atomic E-state index is 12.8. The highest BCUT2D eigenvalue weighted by molar-refractivity contribution is 5.77. The third-order valence-electron chi connectivity index (χ3n) is 7.64. The van der Waals surface area contributed by atoms with Crippen LogP contribution in [0.25, 0.3) is 0 Å². The van der Waals surface area contributed by atoms with Gasteiger partial charge in [0.1, 0.15) is 0 Å². The fourth-order valence-electron chi connectivity index (χ4n) is 6.23. The van der Waals surface area contributed by atoms with E-state index in [9.17, 15) is 4.79 Å². The van der Waals surface area contributed by atoms with Crippen molar-refractivity contribution < 1.29 is 9.53 Å². The van der Waals surface area contributed by atoms with Crippen LogP contribution in [0, 0.1) is 28.1 Å². The van der Waals surface area contributed by atoms with Crippen LogP contribution in [-0.4, -0.2) is 12.6 Å². The van der Waals surface area contributed by atoms with Crippen molar-refractivity contribution in [2.75, 3.05) is 6.61 Å². The van der Waals surface area contributed by atoms with Crippen LogP contribution >= 0.6 is 0 Å². The molecule has 3 rings (SSSR count). The largest absolute Gasteiger partial charge is 0.466 e. The van der Waals surface area contributed by atoms with Crippen molar-refractivity contribution >= 4 is 5.97 Å². The van der Waals surface area contributed by atoms with Gasteiger partial charge in [0.25, 0.3) is 0 Å². The zero-order chi connectivity index (χ0) is 17.6. The zero-order valence-corrected chi connectivity index (χ0v) is 16.0. The maximum absolute atomic E-state index is 12.8. The molecule has 0 aromatic rings. The number of carbonyl (C=O) groups excluding carboxylic acids is 1. The summed E-state index contributed by atoms with van der Waals surface area (Å²) in [5.74, 6) is 1.13. The average Bonchev–Trinajstić information content (AvgIpc) is 2.54. The van der Waals surface area contributed by atoms with Crippen LogP contribution < -0.4 is 0 Å². The molecular formula is C22H34O2. The number of rotatable bonds is 3. The second-order valence-electron chi connectivity index (χ2n) is 9.11. The lowest BCUT2D eigenvalue weighted by molar-refractivity contribution is -0.170. The van der Waals surface area contributed by atoms with E-state index in [1.165, 1.54) is 19.3 Å². The standard InChI is InChI=1S/C22H34O2/c1-6-20(3)14-11-17-16(15-20)9-10-18-21(17,4)12-8-13-22(18,5)19(23)24-7-2/h6,15,17-18H,1,7-14H2,2-5H3/t17-,18+,20+,21+,22+/m0/s1. The summed E-state index contributed by atoms with van der Waals surface area (Å²) in [4.78, 5) is 12.8. The highest BCUT2D eigenvalue weighted by atomic mass is 16.5. The maximum Gasteiger partial charge on any atom is 0.312 e. The molecule has 2 heteroatoms. The van der Waals surface area contributed by atoms with Gasteiger partial charge in [0.15, 0.2) is 0 Å². The smallest absolute Gasteiger partial charge is 0.312 e. The van der Waals surface area contributed by atoms with Crippen LogP contribution in [0.1, 0.15) is 72.6 Å². The number of hydrogen-bond acceptors (Lipinski definition) is 2. The summed E-state index contributed by atoms with van der Waals surface area (Å²) < 4.78 is 5.50. The fraction of sp³-hybridized carbons (Fsp3) is 0.773. The van der Waals surface area contributed by atoms with E-state index in [2.05, 4.69) is 39.5 Å². The average molecular weight is 331 g/mol. The Labute approximate surface area is 147 Å². The van der Waals surface area contributed by atoms with Gasteiger partial charge in [0.2, 0.25) is 0 Å². The monoisotopic (exact) mass is 330 g/mol. The van der Waals surface area contributed by atoms with E-state index in [4.69, 9.17) is 4.74 Å². The molecule has 0 bridgehead atoms. The first-order valence-corrected chi connectivity index (χ1v) is 9.81. The van der Waals surface area contributed by atoms with E-state index in [0.29, 0.717) is 18.4 Å². The summed E-state index contributed by atoms with van der Waals surface area (Å²) in [6.45, 7) is 13.4. The molecule has 0 unspecified atom stereocenters. The van der Waals surface area contributed by atoms with E-state index in [1.807, 2.05) is 6.92 Å². The van der Waals surface area contributed by atoms with Crippen molar-refractivity contribution in [3.05, 3.63) is 24.3 Å². The first-order chi connectivity index (χ1) is 11.3. The van der Waals surface area contributed by atoms with Gasteiger partial charge in [-0.15, -0.1) is 6.58 Å². The van der Waals surface area contributed by atoms with Crippen molar-refractivity contribution in [1.29, 1.82) is 0 Å². The molecule has 0 aliphatic heterocycles. The highest BCUT2D eigenvalue weighted by Crippen LogP contribution is 2.64. The minimum absolute atomic E-state index is 0.0418. The third kappa shape index (κ3) is 2.57. The van der Waals surface area contributed by atoms with Gasteiger partial charge in [-0.05, 0) is 69.6 Å². The summed E-state index contributed by atoms with van der Waals surface area (Å²) in [6.07, 6.45) is 12.7. The molecule has 0 radical (unpaired) electrons. The van der Waals surface area contributed by atoms with Gasteiger partial charge in [-0.1, -0.05) is 38.0 Å². The molecule has 24 heavy (non-hydrogen) atoms. The second kappa shape index (κ2) is 6.04. The molecule has 0 heterocycles. The van der Waals surface area contributed by atoms with Crippen molar-refractivity contribution in [3.8, 4) is 0 Å². The molecule has 0 spiro atoms. The Hall–Kier alpha value is -1.05. The number of carbonyl (C=O) groups is 1. The number of ether oxygens (including phenoxy) is 1. The molecule has 0 aromatic carbocycles. The minimum Gasteiger partial charge on any atom is -0.466 e. The Balaban J connectivity index is 1.95. The van der Waals surface area contributed by atoms with Gasteiger partial charge in [0, 0.05) is 5.41 Å². The predicted octanol–water partition coefficient (Wildman–Crippen LogP) is 5.68. The number of esters is 1. The first-order valence-electron chi connectivity index (χ1n) is 9.81. The Kier molecular flexibility index (Phi) is 4.47. The molecule has 2 fully saturated rings. The molecule has 2 nitrogen and oxygen atoms in total. The quantitative estimate of drug-likeness (QED) is 0.491. The van der Waals surface area contributed by atoms with Crippen molar-refractivity contribution in [1.82, 2.24) is 0 Å². The number of allylic oxidation sites excluding steroid dienone is 3. The second-order valence-corrected chi connectivity index (χ2v) is 9.11. The topological polar surface area (TPSA) is 26.3 Å². The summed E-state index contributed by atoms with van der Waals surface area (Å²) in [7, 11) is 0. The van der Waals surface area contributed by atoms with Crippen molar-refractivity contribution in [2.45, 2.75) is 72.6 Å². The van der Waals surface area contributed by atoms with E-state index in [1.54, 1.807) is 5.57 Å². The lowest BCUT2D eigenvalue weighted by Gasteiger charge is -2.59. The molecule has 2 saturated carbocycles. The minimum atomic E-state index is -0.298. The SMILES string of the molecule is C=C[C@@]1(C)C=C2CC[C@@H]3[C@](C)(CCC[C@@]3(C)C(=O)OCC)[C@H]2CC1. The first kappa shape index (κ1) is 17.8. The molecule has 0 N–H and O–H groups in total. The lowest BCUT2D eigenvalue weighted by Crippen LogP contribution is -2.54. The molecule has 3 aliphatic rings. The van der Waals surface area contributed by atoms with Crippen molar-refractivity contribution in [2.24, 2.45) is 28.1 Å². The Morgan fingerprint density at radius 1 is 1.29 bits per heavy atom. The van der Waals surface area contributed by atoms with Gasteiger partial charge in [0.05, 0.1) is 12.0 Å². The molecular weight excluding hydrogens is 296 g/mol. The zero-order valence-electron chi connectivity index (χ0n) is 16.0. The predicted molar refractivity (Wildman–Crippen MR) is 98.5 cm³/mol. The van der Waals surface area contributed by atoms with Gasteiger partial charge < -0.3 is 4.74 Å². The Morgan fingerprint density at radius 3 is 2.71 bits per heavy atom. The van der Waals surface area contributed by atoms with Crippen molar-refractivity contribution in [3.63, 3.8) is 0 Å². The van der Waals surface area contributed by atoms with Crippen LogP contribution in [0.2, 0.25) is 0 Å². The van der Waals surface area contributed by atoms with E-state index in [0.717, 1.165) is 25.7 Å². The van der Waals surface area contributed by atoms with Crippen LogP contribution in [0.5, 0.6) is 0 Å². The van der Waals surface area contributed by atoms with Crippen LogP contribution in [-0.2, 0) is 9.53 Å². The molecule has 5 atom stereocenters. The van der Waals surface area contributed by atoms with Gasteiger partial charge in [-0.3, -0.25) is 4.79 Å². The summed E-state index contributed by atoms with van der Waals surface area (Å²) in [5.41, 5.74) is 1.74. The summed E-state index contributed by atoms with van der Waals surface area (Å²) >= 11 is 0. The summed E-state index contributed by atoms with van der Waals surface area (Å²) in [5, 5.41) is 0. The van der Waals surface area contributed by atoms with Crippen LogP contribution in [0.3, 0.4) is 0 Å². The van der Waals surface area contributed by atoms with Crippen LogP contribution in [0.15, 0.2) is 24.3 Å². The molecule has 0 aromatic heterocycles. The van der Waals surface area contributed by atoms with E-state index in [-0.39, 0.29) is 22.2 Å². The van der Waals surface area contributed by atoms with Gasteiger partial charge in [-0.2, -0.15) is 0 Å². The molecule has 0 amide bonds. The van der Waals surface area contributed by atoms with Gasteiger partial charge >= 0.3 is 5.97 Å². The molecule has 134 valence electrons. The van der Waals surface area contributed by atoms with E-state index >= 15 is 0 Å².